The molecule has 0 aliphatic heterocycles. The summed E-state index contributed by atoms with van der Waals surface area (Å²) in [5.41, 5.74) is 5.37. The molecule has 3 N–H and O–H groups in total. The van der Waals surface area contributed by atoms with Crippen LogP contribution in [0.15, 0.2) is 21.6 Å². The van der Waals surface area contributed by atoms with Crippen LogP contribution in [0.3, 0.4) is 0 Å². The molecule has 0 saturated heterocycles. The summed E-state index contributed by atoms with van der Waals surface area (Å²) in [6.07, 6.45) is 0. The van der Waals surface area contributed by atoms with Gasteiger partial charge in [0.25, 0.3) is 10.0 Å². The van der Waals surface area contributed by atoms with Crippen molar-refractivity contribution >= 4 is 10.0 Å². The molecular formula is C11H21N3O4S. The number of rotatable bonds is 9. The van der Waals surface area contributed by atoms with Gasteiger partial charge in [-0.05, 0) is 19.2 Å². The maximum absolute atomic E-state index is 11.9. The molecule has 1 aromatic heterocycles. The van der Waals surface area contributed by atoms with E-state index in [1.54, 1.807) is 13.2 Å². The fourth-order valence-corrected chi connectivity index (χ4v) is 2.38. The van der Waals surface area contributed by atoms with Crippen molar-refractivity contribution in [1.82, 2.24) is 9.62 Å². The highest BCUT2D eigenvalue weighted by Gasteiger charge is 2.17. The third-order valence-electron chi connectivity index (χ3n) is 2.57. The molecule has 1 rings (SSSR count). The lowest BCUT2D eigenvalue weighted by atomic mass is 10.5. The summed E-state index contributed by atoms with van der Waals surface area (Å²) in [4.78, 5) is 1.97. The molecule has 0 unspecified atom stereocenters. The summed E-state index contributed by atoms with van der Waals surface area (Å²) in [7, 11) is -0.0728. The van der Waals surface area contributed by atoms with Gasteiger partial charge in [-0.3, -0.25) is 0 Å². The first-order valence-corrected chi connectivity index (χ1v) is 7.44. The van der Waals surface area contributed by atoms with E-state index in [4.69, 9.17) is 14.9 Å². The molecule has 1 heterocycles. The molecule has 0 aliphatic rings. The third-order valence-corrected chi connectivity index (χ3v) is 3.90. The summed E-state index contributed by atoms with van der Waals surface area (Å²) in [6.45, 7) is 2.43. The van der Waals surface area contributed by atoms with E-state index in [1.165, 1.54) is 6.07 Å². The molecule has 7 nitrogen and oxygen atoms in total. The Kier molecular flexibility index (Phi) is 6.46. The number of nitrogens with zero attached hydrogens (tertiary/aromatic N) is 1. The largest absolute Gasteiger partial charge is 0.447 e. The van der Waals surface area contributed by atoms with Crippen LogP contribution >= 0.6 is 0 Å². The van der Waals surface area contributed by atoms with E-state index in [0.29, 0.717) is 25.5 Å². The van der Waals surface area contributed by atoms with E-state index in [2.05, 4.69) is 4.72 Å². The molecule has 0 bridgehead atoms. The van der Waals surface area contributed by atoms with Crippen LogP contribution in [0.2, 0.25) is 0 Å². The summed E-state index contributed by atoms with van der Waals surface area (Å²) in [5, 5.41) is -0.104. The fourth-order valence-electron chi connectivity index (χ4n) is 1.41. The monoisotopic (exact) mass is 291 g/mol. The number of ether oxygens (including phenoxy) is 1. The third kappa shape index (κ3) is 5.29. The maximum atomic E-state index is 11.9. The van der Waals surface area contributed by atoms with Crippen LogP contribution in [0, 0.1) is 0 Å². The van der Waals surface area contributed by atoms with Gasteiger partial charge in [-0.15, -0.1) is 0 Å². The minimum Gasteiger partial charge on any atom is -0.447 e. The summed E-state index contributed by atoms with van der Waals surface area (Å²) >= 11 is 0. The summed E-state index contributed by atoms with van der Waals surface area (Å²) in [6, 6.07) is 2.96. The van der Waals surface area contributed by atoms with Crippen LogP contribution < -0.4 is 10.5 Å². The number of nitrogens with one attached hydrogen (secondary N) is 1. The van der Waals surface area contributed by atoms with Crippen LogP contribution in [-0.2, 0) is 21.3 Å². The molecule has 19 heavy (non-hydrogen) atoms. The second kappa shape index (κ2) is 7.61. The summed E-state index contributed by atoms with van der Waals surface area (Å²) < 4.78 is 36.3. The van der Waals surface area contributed by atoms with Gasteiger partial charge in [-0.1, -0.05) is 0 Å². The molecule has 0 atom stereocenters. The van der Waals surface area contributed by atoms with Gasteiger partial charge >= 0.3 is 0 Å². The second-order valence-corrected chi connectivity index (χ2v) is 5.82. The zero-order valence-corrected chi connectivity index (χ0v) is 12.1. The van der Waals surface area contributed by atoms with Gasteiger partial charge in [-0.2, -0.15) is 0 Å². The van der Waals surface area contributed by atoms with Crippen molar-refractivity contribution in [3.8, 4) is 0 Å². The highest BCUT2D eigenvalue weighted by Crippen LogP contribution is 2.12. The molecule has 0 aliphatic carbocycles. The standard InChI is InChI=1S/C11H21N3O4S/c1-14(7-8-17-2)6-5-13-19(15,16)11-4-3-10(9-12)18-11/h3-4,13H,5-9,12H2,1-2H3. The average Bonchev–Trinajstić information content (AvgIpc) is 2.85. The molecule has 0 saturated carbocycles. The highest BCUT2D eigenvalue weighted by molar-refractivity contribution is 7.89. The predicted molar refractivity (Wildman–Crippen MR) is 71.2 cm³/mol. The molecule has 0 radical (unpaired) electrons. The lowest BCUT2D eigenvalue weighted by molar-refractivity contribution is 0.162. The Morgan fingerprint density at radius 3 is 2.74 bits per heavy atom. The van der Waals surface area contributed by atoms with Crippen LogP contribution in [-0.4, -0.2) is 53.7 Å². The number of nitrogens with two attached hydrogens (primary N) is 1. The molecule has 0 aromatic carbocycles. The van der Waals surface area contributed by atoms with Crippen LogP contribution in [0.1, 0.15) is 5.76 Å². The Hall–Kier alpha value is -0.930. The van der Waals surface area contributed by atoms with Crippen molar-refractivity contribution in [1.29, 1.82) is 0 Å². The van der Waals surface area contributed by atoms with Crippen molar-refractivity contribution in [2.24, 2.45) is 5.73 Å². The van der Waals surface area contributed by atoms with Crippen molar-refractivity contribution in [3.63, 3.8) is 0 Å². The van der Waals surface area contributed by atoms with Crippen molar-refractivity contribution < 1.29 is 17.6 Å². The van der Waals surface area contributed by atoms with Gasteiger partial charge in [0.1, 0.15) is 5.76 Å². The van der Waals surface area contributed by atoms with Crippen LogP contribution in [0.4, 0.5) is 0 Å². The Labute approximate surface area is 113 Å². The van der Waals surface area contributed by atoms with E-state index in [1.807, 2.05) is 11.9 Å². The number of sulfonamides is 1. The zero-order chi connectivity index (χ0) is 14.3. The maximum Gasteiger partial charge on any atom is 0.274 e. The average molecular weight is 291 g/mol. The Balaban J connectivity index is 2.43. The van der Waals surface area contributed by atoms with E-state index >= 15 is 0 Å². The van der Waals surface area contributed by atoms with Gasteiger partial charge in [0.05, 0.1) is 13.2 Å². The topological polar surface area (TPSA) is 97.8 Å². The fraction of sp³-hybridized carbons (Fsp3) is 0.636. The van der Waals surface area contributed by atoms with Gasteiger partial charge in [0.15, 0.2) is 0 Å². The van der Waals surface area contributed by atoms with E-state index in [9.17, 15) is 8.42 Å². The van der Waals surface area contributed by atoms with Gasteiger partial charge in [0, 0.05) is 26.7 Å². The summed E-state index contributed by atoms with van der Waals surface area (Å²) in [5.74, 6) is 0.442. The molecule has 0 spiro atoms. The normalized spacial score (nSPS) is 12.2. The van der Waals surface area contributed by atoms with Crippen molar-refractivity contribution in [2.75, 3.05) is 40.4 Å². The van der Waals surface area contributed by atoms with E-state index in [-0.39, 0.29) is 11.6 Å². The second-order valence-electron chi connectivity index (χ2n) is 4.12. The smallest absolute Gasteiger partial charge is 0.274 e. The highest BCUT2D eigenvalue weighted by atomic mass is 32.2. The van der Waals surface area contributed by atoms with Crippen LogP contribution in [0.25, 0.3) is 0 Å². The Bertz CT molecular complexity index is 472. The molecule has 0 amide bonds. The van der Waals surface area contributed by atoms with Gasteiger partial charge < -0.3 is 19.8 Å². The molecular weight excluding hydrogens is 270 g/mol. The number of hydrogen-bond acceptors (Lipinski definition) is 6. The minimum absolute atomic E-state index is 0.104. The van der Waals surface area contributed by atoms with Crippen molar-refractivity contribution in [3.05, 3.63) is 17.9 Å². The van der Waals surface area contributed by atoms with E-state index in [0.717, 1.165) is 6.54 Å². The van der Waals surface area contributed by atoms with Crippen molar-refractivity contribution in [2.45, 2.75) is 11.6 Å². The predicted octanol–water partition coefficient (Wildman–Crippen LogP) is -0.405. The lowest BCUT2D eigenvalue weighted by Crippen LogP contribution is -2.34. The number of likely N-dealkylation sites (N-methyl/N-ethyl adjacent to an activating group) is 1. The van der Waals surface area contributed by atoms with Crippen LogP contribution in [0.5, 0.6) is 0 Å². The van der Waals surface area contributed by atoms with Gasteiger partial charge in [-0.25, -0.2) is 13.1 Å². The first-order valence-electron chi connectivity index (χ1n) is 5.95. The molecule has 110 valence electrons. The molecule has 0 fully saturated rings. The lowest BCUT2D eigenvalue weighted by Gasteiger charge is -2.15. The first kappa shape index (κ1) is 16.1. The Morgan fingerprint density at radius 2 is 2.16 bits per heavy atom. The number of hydrogen-bond donors (Lipinski definition) is 2. The molecule has 1 aromatic rings. The first-order chi connectivity index (χ1) is 8.99. The zero-order valence-electron chi connectivity index (χ0n) is 11.3. The quantitative estimate of drug-likeness (QED) is 0.642. The number of furan rings is 1. The molecule has 8 heteroatoms. The van der Waals surface area contributed by atoms with Gasteiger partial charge in [0.2, 0.25) is 5.09 Å². The minimum atomic E-state index is -3.60. The SMILES string of the molecule is COCCN(C)CCNS(=O)(=O)c1ccc(CN)o1. The Morgan fingerprint density at radius 1 is 1.42 bits per heavy atom. The number of methoxy groups -OCH3 is 1. The van der Waals surface area contributed by atoms with E-state index < -0.39 is 10.0 Å².